The molecule has 0 spiro atoms. The van der Waals surface area contributed by atoms with Crippen molar-refractivity contribution in [3.63, 3.8) is 0 Å². The summed E-state index contributed by atoms with van der Waals surface area (Å²) in [7, 11) is -3.90. The van der Waals surface area contributed by atoms with Gasteiger partial charge in [0.1, 0.15) is 11.8 Å². The lowest BCUT2D eigenvalue weighted by molar-refractivity contribution is -0.139. The lowest BCUT2D eigenvalue weighted by Gasteiger charge is -2.36. The van der Waals surface area contributed by atoms with Crippen molar-refractivity contribution in [1.82, 2.24) is 5.32 Å². The highest BCUT2D eigenvalue weighted by Gasteiger charge is 2.65. The molecule has 0 radical (unpaired) electrons. The predicted molar refractivity (Wildman–Crippen MR) is 81.3 cm³/mol. The zero-order valence-corrected chi connectivity index (χ0v) is 14.2. The number of carboxylic acids is 1. The monoisotopic (exact) mass is 345 g/mol. The number of aliphatic carboxylic acids is 1. The fourth-order valence-electron chi connectivity index (χ4n) is 4.62. The minimum Gasteiger partial charge on any atom is -0.480 e. The van der Waals surface area contributed by atoms with Gasteiger partial charge >= 0.3 is 5.97 Å². The maximum Gasteiger partial charge on any atom is 0.320 e. The maximum atomic E-state index is 12.5. The van der Waals surface area contributed by atoms with Gasteiger partial charge in [0.15, 0.2) is 0 Å². The van der Waals surface area contributed by atoms with Crippen molar-refractivity contribution in [3.8, 4) is 0 Å². The molecule has 0 aromatic rings. The van der Waals surface area contributed by atoms with Crippen LogP contribution in [0.5, 0.6) is 0 Å². The molecule has 2 bridgehead atoms. The molecule has 2 N–H and O–H groups in total. The fraction of sp³-hybridized carbons (Fsp3) is 0.867. The van der Waals surface area contributed by atoms with Gasteiger partial charge in [-0.15, -0.1) is 0 Å². The van der Waals surface area contributed by atoms with Crippen LogP contribution >= 0.6 is 0 Å². The van der Waals surface area contributed by atoms with Crippen molar-refractivity contribution < 1.29 is 27.3 Å². The van der Waals surface area contributed by atoms with E-state index < -0.39 is 33.6 Å². The molecular formula is C15H23NO6S. The van der Waals surface area contributed by atoms with Crippen LogP contribution < -0.4 is 5.32 Å². The molecule has 130 valence electrons. The fourth-order valence-corrected chi connectivity index (χ4v) is 6.53. The topological polar surface area (TPSA) is 110 Å². The molecule has 0 aromatic carbocycles. The van der Waals surface area contributed by atoms with Crippen molar-refractivity contribution >= 4 is 21.9 Å². The van der Waals surface area contributed by atoms with E-state index in [1.54, 1.807) is 0 Å². The molecule has 2 aliphatic carbocycles. The average molecular weight is 345 g/mol. The molecule has 3 rings (SSSR count). The van der Waals surface area contributed by atoms with Gasteiger partial charge in [-0.25, -0.2) is 0 Å². The van der Waals surface area contributed by atoms with Gasteiger partial charge in [0, 0.05) is 19.4 Å². The van der Waals surface area contributed by atoms with E-state index in [-0.39, 0.29) is 35.8 Å². The van der Waals surface area contributed by atoms with E-state index in [0.717, 1.165) is 6.42 Å². The third kappa shape index (κ3) is 2.60. The largest absolute Gasteiger partial charge is 0.480 e. The quantitative estimate of drug-likeness (QED) is 0.700. The third-order valence-electron chi connectivity index (χ3n) is 6.23. The first kappa shape index (κ1) is 16.9. The Morgan fingerprint density at radius 3 is 2.61 bits per heavy atom. The van der Waals surface area contributed by atoms with Gasteiger partial charge in [0.25, 0.3) is 10.1 Å². The van der Waals surface area contributed by atoms with Crippen molar-refractivity contribution in [2.24, 2.45) is 16.7 Å². The minimum atomic E-state index is -3.90. The van der Waals surface area contributed by atoms with Crippen LogP contribution in [0.1, 0.15) is 39.5 Å². The number of ketones is 1. The van der Waals surface area contributed by atoms with Crippen LogP contribution in [-0.2, 0) is 23.9 Å². The number of carboxylic acid groups (broad SMARTS) is 1. The molecular weight excluding hydrogens is 322 g/mol. The number of carbonyl (C=O) groups excluding carboxylic acids is 1. The Morgan fingerprint density at radius 1 is 1.43 bits per heavy atom. The van der Waals surface area contributed by atoms with Gasteiger partial charge in [-0.3, -0.25) is 13.8 Å². The van der Waals surface area contributed by atoms with Gasteiger partial charge in [0.2, 0.25) is 0 Å². The SMILES string of the molecule is CC1(C)[C@H]2CC[C@]1(CS(=O)(=O)O[C@H]1CN[C@H](C(=O)O)C1)C(=O)C2. The summed E-state index contributed by atoms with van der Waals surface area (Å²) in [5.41, 5.74) is -1.19. The molecule has 8 heteroatoms. The molecule has 2 saturated carbocycles. The molecule has 0 unspecified atom stereocenters. The van der Waals surface area contributed by atoms with Gasteiger partial charge in [-0.05, 0) is 24.2 Å². The van der Waals surface area contributed by atoms with Crippen LogP contribution in [0.4, 0.5) is 0 Å². The Hall–Kier alpha value is -0.990. The molecule has 3 fully saturated rings. The van der Waals surface area contributed by atoms with Crippen LogP contribution in [0.15, 0.2) is 0 Å². The number of hydrogen-bond donors (Lipinski definition) is 2. The molecule has 1 saturated heterocycles. The first-order valence-electron chi connectivity index (χ1n) is 7.98. The Morgan fingerprint density at radius 2 is 2.13 bits per heavy atom. The van der Waals surface area contributed by atoms with Crippen LogP contribution in [0.2, 0.25) is 0 Å². The Kier molecular flexibility index (Phi) is 3.85. The second kappa shape index (κ2) is 5.26. The Bertz CT molecular complexity index is 642. The second-order valence-corrected chi connectivity index (χ2v) is 9.22. The zero-order chi connectivity index (χ0) is 17.0. The number of Topliss-reactive ketones (excluding diaryl/α,β-unsaturated/α-hetero) is 1. The van der Waals surface area contributed by atoms with Gasteiger partial charge in [-0.2, -0.15) is 8.42 Å². The van der Waals surface area contributed by atoms with Crippen LogP contribution in [0.3, 0.4) is 0 Å². The van der Waals surface area contributed by atoms with E-state index in [0.29, 0.717) is 12.8 Å². The summed E-state index contributed by atoms with van der Waals surface area (Å²) in [6.45, 7) is 4.13. The molecule has 4 atom stereocenters. The van der Waals surface area contributed by atoms with E-state index >= 15 is 0 Å². The standard InChI is InChI=1S/C15H23NO6S/c1-14(2)9-3-4-15(14,12(17)5-9)8-23(20,21)22-10-6-11(13(18)19)16-7-10/h9-11,16H,3-8H2,1-2H3,(H,18,19)/t9-,10+,11-,15-/m0/s1. The van der Waals surface area contributed by atoms with Crippen molar-refractivity contribution in [2.45, 2.75) is 51.7 Å². The minimum absolute atomic E-state index is 0.0267. The zero-order valence-electron chi connectivity index (χ0n) is 13.4. The summed E-state index contributed by atoms with van der Waals surface area (Å²) in [5.74, 6) is -1.04. The van der Waals surface area contributed by atoms with Crippen LogP contribution in [0.25, 0.3) is 0 Å². The number of carbonyl (C=O) groups is 2. The summed E-state index contributed by atoms with van der Waals surface area (Å²) < 4.78 is 30.2. The number of fused-ring (bicyclic) bond motifs is 2. The second-order valence-electron chi connectivity index (χ2n) is 7.62. The van der Waals surface area contributed by atoms with Gasteiger partial charge in [0.05, 0.1) is 17.3 Å². The Labute approximate surface area is 135 Å². The summed E-state index contributed by atoms with van der Waals surface area (Å²) in [4.78, 5) is 23.3. The molecule has 1 heterocycles. The molecule has 1 aliphatic heterocycles. The highest BCUT2D eigenvalue weighted by atomic mass is 32.2. The van der Waals surface area contributed by atoms with Gasteiger partial charge in [-0.1, -0.05) is 13.8 Å². The summed E-state index contributed by atoms with van der Waals surface area (Å²) in [6, 6.07) is -0.784. The van der Waals surface area contributed by atoms with Crippen molar-refractivity contribution in [2.75, 3.05) is 12.3 Å². The highest BCUT2D eigenvalue weighted by molar-refractivity contribution is 7.86. The normalized spacial score (nSPS) is 39.0. The molecule has 23 heavy (non-hydrogen) atoms. The smallest absolute Gasteiger partial charge is 0.320 e. The lowest BCUT2D eigenvalue weighted by atomic mass is 9.70. The van der Waals surface area contributed by atoms with E-state index in [2.05, 4.69) is 5.32 Å². The molecule has 0 amide bonds. The van der Waals surface area contributed by atoms with E-state index in [4.69, 9.17) is 9.29 Å². The summed E-state index contributed by atoms with van der Waals surface area (Å²) in [5, 5.41) is 11.7. The Balaban J connectivity index is 1.72. The van der Waals surface area contributed by atoms with E-state index in [1.165, 1.54) is 0 Å². The van der Waals surface area contributed by atoms with Gasteiger partial charge < -0.3 is 10.4 Å². The first-order valence-corrected chi connectivity index (χ1v) is 9.56. The first-order chi connectivity index (χ1) is 10.6. The third-order valence-corrected chi connectivity index (χ3v) is 7.65. The predicted octanol–water partition coefficient (Wildman–Crippen LogP) is 0.543. The van der Waals surface area contributed by atoms with Crippen LogP contribution in [-0.4, -0.2) is 49.7 Å². The number of nitrogens with one attached hydrogen (secondary N) is 1. The average Bonchev–Trinajstić information content (AvgIpc) is 3.01. The maximum absolute atomic E-state index is 12.5. The molecule has 0 aromatic heterocycles. The molecule has 3 aliphatic rings. The highest BCUT2D eigenvalue weighted by Crippen LogP contribution is 2.64. The van der Waals surface area contributed by atoms with E-state index in [9.17, 15) is 18.0 Å². The van der Waals surface area contributed by atoms with E-state index in [1.807, 2.05) is 13.8 Å². The lowest BCUT2D eigenvalue weighted by Crippen LogP contribution is -2.43. The molecule has 7 nitrogen and oxygen atoms in total. The number of hydrogen-bond acceptors (Lipinski definition) is 6. The number of rotatable bonds is 5. The summed E-state index contributed by atoms with van der Waals surface area (Å²) >= 11 is 0. The summed E-state index contributed by atoms with van der Waals surface area (Å²) in [6.07, 6.45) is 1.35. The van der Waals surface area contributed by atoms with Crippen molar-refractivity contribution in [3.05, 3.63) is 0 Å². The van der Waals surface area contributed by atoms with Crippen LogP contribution in [0, 0.1) is 16.7 Å². The van der Waals surface area contributed by atoms with Crippen molar-refractivity contribution in [1.29, 1.82) is 0 Å².